The molecule has 0 spiro atoms. The molecule has 0 unspecified atom stereocenters. The van der Waals surface area contributed by atoms with Gasteiger partial charge in [0.25, 0.3) is 0 Å². The van der Waals surface area contributed by atoms with Crippen LogP contribution in [-0.4, -0.2) is 25.6 Å². The lowest BCUT2D eigenvalue weighted by Gasteiger charge is -2.06. The van der Waals surface area contributed by atoms with Gasteiger partial charge in [-0.15, -0.1) is 0 Å². The van der Waals surface area contributed by atoms with Gasteiger partial charge in [0, 0.05) is 12.8 Å². The zero-order chi connectivity index (χ0) is 12.8. The van der Waals surface area contributed by atoms with E-state index in [0.717, 1.165) is 44.7 Å². The minimum Gasteiger partial charge on any atom is -0.493 e. The summed E-state index contributed by atoms with van der Waals surface area (Å²) < 4.78 is 5.47. The molecule has 0 radical (unpaired) electrons. The SMILES string of the molecule is NC(=O)CCCNCCc1ccc2c(c1)CCO2. The fourth-order valence-corrected chi connectivity index (χ4v) is 2.14. The number of nitrogens with one attached hydrogen (secondary N) is 1. The van der Waals surface area contributed by atoms with E-state index in [4.69, 9.17) is 10.5 Å². The number of carbonyl (C=O) groups excluding carboxylic acids is 1. The van der Waals surface area contributed by atoms with Crippen LogP contribution in [0.4, 0.5) is 0 Å². The van der Waals surface area contributed by atoms with Crippen molar-refractivity contribution >= 4 is 5.91 Å². The number of amides is 1. The van der Waals surface area contributed by atoms with E-state index in [9.17, 15) is 4.79 Å². The Bertz CT molecular complexity index is 418. The predicted octanol–water partition coefficient (Wildman–Crippen LogP) is 1.02. The lowest BCUT2D eigenvalue weighted by Crippen LogP contribution is -2.20. The van der Waals surface area contributed by atoms with E-state index in [-0.39, 0.29) is 5.91 Å². The summed E-state index contributed by atoms with van der Waals surface area (Å²) in [4.78, 5) is 10.5. The third kappa shape index (κ3) is 3.74. The Morgan fingerprint density at radius 2 is 2.28 bits per heavy atom. The molecule has 0 aliphatic carbocycles. The second kappa shape index (κ2) is 6.40. The molecule has 0 saturated carbocycles. The van der Waals surface area contributed by atoms with Crippen molar-refractivity contribution < 1.29 is 9.53 Å². The highest BCUT2D eigenvalue weighted by atomic mass is 16.5. The minimum atomic E-state index is -0.226. The summed E-state index contributed by atoms with van der Waals surface area (Å²) in [6.07, 6.45) is 3.30. The molecule has 98 valence electrons. The molecule has 1 aromatic rings. The molecule has 1 aromatic carbocycles. The highest BCUT2D eigenvalue weighted by Crippen LogP contribution is 2.25. The maximum Gasteiger partial charge on any atom is 0.217 e. The summed E-state index contributed by atoms with van der Waals surface area (Å²) in [6.45, 7) is 2.58. The van der Waals surface area contributed by atoms with Gasteiger partial charge in [-0.2, -0.15) is 0 Å². The summed E-state index contributed by atoms with van der Waals surface area (Å²) in [7, 11) is 0. The molecule has 1 heterocycles. The highest BCUT2D eigenvalue weighted by molar-refractivity contribution is 5.73. The molecule has 0 aromatic heterocycles. The number of carbonyl (C=O) groups is 1. The summed E-state index contributed by atoms with van der Waals surface area (Å²) in [6, 6.07) is 6.41. The Morgan fingerprint density at radius 3 is 3.11 bits per heavy atom. The molecule has 4 heteroatoms. The van der Waals surface area contributed by atoms with Crippen molar-refractivity contribution in [2.45, 2.75) is 25.7 Å². The standard InChI is InChI=1S/C14H20N2O2/c15-14(17)2-1-7-16-8-5-11-3-4-13-12(10-11)6-9-18-13/h3-4,10,16H,1-2,5-9H2,(H2,15,17). The first-order valence-corrected chi connectivity index (χ1v) is 6.49. The van der Waals surface area contributed by atoms with E-state index >= 15 is 0 Å². The third-order valence-corrected chi connectivity index (χ3v) is 3.12. The Kier molecular flexibility index (Phi) is 4.59. The minimum absolute atomic E-state index is 0.226. The molecule has 1 aliphatic rings. The second-order valence-corrected chi connectivity index (χ2v) is 4.61. The Morgan fingerprint density at radius 1 is 1.39 bits per heavy atom. The van der Waals surface area contributed by atoms with Crippen LogP contribution < -0.4 is 15.8 Å². The van der Waals surface area contributed by atoms with Crippen LogP contribution in [0.1, 0.15) is 24.0 Å². The zero-order valence-electron chi connectivity index (χ0n) is 10.6. The van der Waals surface area contributed by atoms with Crippen LogP contribution in [0, 0.1) is 0 Å². The van der Waals surface area contributed by atoms with E-state index in [2.05, 4.69) is 23.5 Å². The van der Waals surface area contributed by atoms with Gasteiger partial charge in [-0.25, -0.2) is 0 Å². The van der Waals surface area contributed by atoms with E-state index in [1.807, 2.05) is 0 Å². The van der Waals surface area contributed by atoms with Crippen LogP contribution >= 0.6 is 0 Å². The van der Waals surface area contributed by atoms with Crippen LogP contribution in [0.5, 0.6) is 5.75 Å². The van der Waals surface area contributed by atoms with Gasteiger partial charge < -0.3 is 15.8 Å². The second-order valence-electron chi connectivity index (χ2n) is 4.61. The average Bonchev–Trinajstić information content (AvgIpc) is 2.80. The first-order valence-electron chi connectivity index (χ1n) is 6.49. The Balaban J connectivity index is 1.66. The maximum absolute atomic E-state index is 10.5. The van der Waals surface area contributed by atoms with Crippen molar-refractivity contribution in [1.29, 1.82) is 0 Å². The maximum atomic E-state index is 10.5. The topological polar surface area (TPSA) is 64.4 Å². The van der Waals surface area contributed by atoms with E-state index in [1.165, 1.54) is 11.1 Å². The normalized spacial score (nSPS) is 13.1. The van der Waals surface area contributed by atoms with Gasteiger partial charge in [-0.05, 0) is 43.1 Å². The van der Waals surface area contributed by atoms with E-state index in [1.54, 1.807) is 0 Å². The molecule has 1 aliphatic heterocycles. The fraction of sp³-hybridized carbons (Fsp3) is 0.500. The molecular formula is C14H20N2O2. The van der Waals surface area contributed by atoms with Crippen molar-refractivity contribution in [3.05, 3.63) is 29.3 Å². The van der Waals surface area contributed by atoms with Gasteiger partial charge in [0.05, 0.1) is 6.61 Å². The van der Waals surface area contributed by atoms with Crippen LogP contribution in [0.2, 0.25) is 0 Å². The monoisotopic (exact) mass is 248 g/mol. The number of fused-ring (bicyclic) bond motifs is 1. The van der Waals surface area contributed by atoms with Crippen molar-refractivity contribution in [2.75, 3.05) is 19.7 Å². The van der Waals surface area contributed by atoms with Gasteiger partial charge in [0.15, 0.2) is 0 Å². The van der Waals surface area contributed by atoms with Crippen molar-refractivity contribution in [1.82, 2.24) is 5.32 Å². The van der Waals surface area contributed by atoms with Gasteiger partial charge >= 0.3 is 0 Å². The average molecular weight is 248 g/mol. The highest BCUT2D eigenvalue weighted by Gasteiger charge is 2.11. The number of rotatable bonds is 7. The van der Waals surface area contributed by atoms with Crippen molar-refractivity contribution in [3.8, 4) is 5.75 Å². The number of primary amides is 1. The first kappa shape index (κ1) is 12.9. The molecule has 0 saturated heterocycles. The first-order chi connectivity index (χ1) is 8.75. The number of nitrogens with two attached hydrogens (primary N) is 1. The Labute approximate surface area is 108 Å². The van der Waals surface area contributed by atoms with Crippen LogP contribution in [0.25, 0.3) is 0 Å². The zero-order valence-corrected chi connectivity index (χ0v) is 10.6. The molecule has 1 amide bonds. The molecule has 18 heavy (non-hydrogen) atoms. The lowest BCUT2D eigenvalue weighted by atomic mass is 10.1. The number of benzene rings is 1. The summed E-state index contributed by atoms with van der Waals surface area (Å²) in [5, 5.41) is 3.32. The summed E-state index contributed by atoms with van der Waals surface area (Å²) in [5.41, 5.74) is 7.73. The quantitative estimate of drug-likeness (QED) is 0.708. The summed E-state index contributed by atoms with van der Waals surface area (Å²) >= 11 is 0. The van der Waals surface area contributed by atoms with Crippen molar-refractivity contribution in [2.24, 2.45) is 5.73 Å². The fourth-order valence-electron chi connectivity index (χ4n) is 2.14. The van der Waals surface area contributed by atoms with E-state index in [0.29, 0.717) is 6.42 Å². The number of hydrogen-bond acceptors (Lipinski definition) is 3. The van der Waals surface area contributed by atoms with Crippen molar-refractivity contribution in [3.63, 3.8) is 0 Å². The third-order valence-electron chi connectivity index (χ3n) is 3.12. The molecule has 2 rings (SSSR count). The lowest BCUT2D eigenvalue weighted by molar-refractivity contribution is -0.118. The van der Waals surface area contributed by atoms with Crippen LogP contribution in [-0.2, 0) is 17.6 Å². The van der Waals surface area contributed by atoms with E-state index < -0.39 is 0 Å². The van der Waals surface area contributed by atoms with Gasteiger partial charge in [-0.3, -0.25) is 4.79 Å². The summed E-state index contributed by atoms with van der Waals surface area (Å²) in [5.74, 6) is 0.809. The Hall–Kier alpha value is -1.55. The van der Waals surface area contributed by atoms with Gasteiger partial charge in [0.2, 0.25) is 5.91 Å². The number of ether oxygens (including phenoxy) is 1. The number of hydrogen-bond donors (Lipinski definition) is 2. The molecule has 4 nitrogen and oxygen atoms in total. The molecule has 0 bridgehead atoms. The molecule has 0 fully saturated rings. The van der Waals surface area contributed by atoms with Crippen LogP contribution in [0.15, 0.2) is 18.2 Å². The smallest absolute Gasteiger partial charge is 0.217 e. The predicted molar refractivity (Wildman–Crippen MR) is 70.6 cm³/mol. The van der Waals surface area contributed by atoms with Gasteiger partial charge in [0.1, 0.15) is 5.75 Å². The molecule has 3 N–H and O–H groups in total. The van der Waals surface area contributed by atoms with Crippen LogP contribution in [0.3, 0.4) is 0 Å². The molecular weight excluding hydrogens is 228 g/mol. The molecule has 0 atom stereocenters. The van der Waals surface area contributed by atoms with Gasteiger partial charge in [-0.1, -0.05) is 12.1 Å². The largest absolute Gasteiger partial charge is 0.493 e.